The average molecular weight is 240 g/mol. The van der Waals surface area contributed by atoms with Crippen molar-refractivity contribution in [1.29, 1.82) is 0 Å². The first kappa shape index (κ1) is 13.3. The highest BCUT2D eigenvalue weighted by atomic mass is 16.5. The first-order chi connectivity index (χ1) is 8.13. The summed E-state index contributed by atoms with van der Waals surface area (Å²) in [6.45, 7) is 5.08. The number of nitrogens with one attached hydrogen (secondary N) is 1. The molecule has 2 unspecified atom stereocenters. The Balaban J connectivity index is 1.97. The van der Waals surface area contributed by atoms with Crippen LogP contribution in [0.25, 0.3) is 0 Å². The predicted molar refractivity (Wildman–Crippen MR) is 71.0 cm³/mol. The van der Waals surface area contributed by atoms with Crippen molar-refractivity contribution in [3.05, 3.63) is 0 Å². The highest BCUT2D eigenvalue weighted by molar-refractivity contribution is 4.98. The molecule has 0 radical (unpaired) electrons. The molecule has 1 saturated carbocycles. The van der Waals surface area contributed by atoms with Crippen LogP contribution in [0.5, 0.6) is 0 Å². The van der Waals surface area contributed by atoms with Gasteiger partial charge in [0, 0.05) is 18.1 Å². The van der Waals surface area contributed by atoms with Crippen LogP contribution < -0.4 is 11.1 Å². The van der Waals surface area contributed by atoms with Gasteiger partial charge in [-0.1, -0.05) is 19.3 Å². The highest BCUT2D eigenvalue weighted by Gasteiger charge is 2.38. The zero-order valence-corrected chi connectivity index (χ0v) is 11.4. The lowest BCUT2D eigenvalue weighted by molar-refractivity contribution is -0.0701. The van der Waals surface area contributed by atoms with Crippen molar-refractivity contribution in [2.24, 2.45) is 5.73 Å². The van der Waals surface area contributed by atoms with Gasteiger partial charge in [0.15, 0.2) is 0 Å². The minimum Gasteiger partial charge on any atom is -0.375 e. The molecule has 0 aromatic heterocycles. The minimum atomic E-state index is 0.124. The third kappa shape index (κ3) is 3.43. The summed E-state index contributed by atoms with van der Waals surface area (Å²) in [4.78, 5) is 0. The van der Waals surface area contributed by atoms with Crippen LogP contribution >= 0.6 is 0 Å². The number of hydrogen-bond donors (Lipinski definition) is 2. The van der Waals surface area contributed by atoms with E-state index in [2.05, 4.69) is 19.2 Å². The van der Waals surface area contributed by atoms with Gasteiger partial charge >= 0.3 is 0 Å². The molecule has 1 aliphatic heterocycles. The van der Waals surface area contributed by atoms with Gasteiger partial charge in [0.2, 0.25) is 0 Å². The smallest absolute Gasteiger partial charge is 0.0568 e. The van der Waals surface area contributed by atoms with Gasteiger partial charge in [-0.3, -0.25) is 0 Å². The maximum atomic E-state index is 6.06. The molecule has 100 valence electrons. The van der Waals surface area contributed by atoms with E-state index in [0.29, 0.717) is 18.2 Å². The summed E-state index contributed by atoms with van der Waals surface area (Å²) >= 11 is 0. The largest absolute Gasteiger partial charge is 0.375 e. The summed E-state index contributed by atoms with van der Waals surface area (Å²) in [5.74, 6) is 0. The third-order valence-corrected chi connectivity index (χ3v) is 4.33. The second kappa shape index (κ2) is 5.68. The second-order valence-electron chi connectivity index (χ2n) is 6.13. The molecule has 3 heteroatoms. The Morgan fingerprint density at radius 3 is 2.24 bits per heavy atom. The molecular formula is C14H28N2O. The lowest BCUT2D eigenvalue weighted by atomic mass is 9.82. The third-order valence-electron chi connectivity index (χ3n) is 4.33. The van der Waals surface area contributed by atoms with Crippen molar-refractivity contribution >= 4 is 0 Å². The summed E-state index contributed by atoms with van der Waals surface area (Å²) in [6, 6.07) is 0.685. The molecule has 3 nitrogen and oxygen atoms in total. The molecule has 2 fully saturated rings. The fourth-order valence-electron chi connectivity index (χ4n) is 3.70. The Morgan fingerprint density at radius 2 is 1.71 bits per heavy atom. The first-order valence-corrected chi connectivity index (χ1v) is 7.27. The summed E-state index contributed by atoms with van der Waals surface area (Å²) in [7, 11) is 0. The van der Waals surface area contributed by atoms with Crippen LogP contribution in [0.15, 0.2) is 0 Å². The van der Waals surface area contributed by atoms with Gasteiger partial charge in [0.05, 0.1) is 12.2 Å². The average Bonchev–Trinajstić information content (AvgIpc) is 2.29. The highest BCUT2D eigenvalue weighted by Crippen LogP contribution is 2.30. The normalized spacial score (nSPS) is 40.4. The van der Waals surface area contributed by atoms with Crippen LogP contribution in [0.1, 0.15) is 58.8 Å². The van der Waals surface area contributed by atoms with E-state index in [1.54, 1.807) is 0 Å². The molecule has 0 aromatic carbocycles. The Morgan fingerprint density at radius 1 is 1.12 bits per heavy atom. The van der Waals surface area contributed by atoms with Crippen molar-refractivity contribution in [1.82, 2.24) is 5.32 Å². The summed E-state index contributed by atoms with van der Waals surface area (Å²) in [5.41, 5.74) is 6.19. The molecule has 0 spiro atoms. The standard InChI is InChI=1S/C14H28N2O/c1-11-8-14(10-15,9-12(2)17-11)16-13-6-4-3-5-7-13/h11-13,16H,3-10,15H2,1-2H3. The van der Waals surface area contributed by atoms with Crippen LogP contribution in [-0.2, 0) is 4.74 Å². The minimum absolute atomic E-state index is 0.124. The number of hydrogen-bond acceptors (Lipinski definition) is 3. The summed E-state index contributed by atoms with van der Waals surface area (Å²) < 4.78 is 5.84. The van der Waals surface area contributed by atoms with Crippen molar-refractivity contribution in [3.8, 4) is 0 Å². The maximum absolute atomic E-state index is 6.06. The molecule has 2 atom stereocenters. The van der Waals surface area contributed by atoms with Crippen LogP contribution in [0.4, 0.5) is 0 Å². The fourth-order valence-corrected chi connectivity index (χ4v) is 3.70. The lowest BCUT2D eigenvalue weighted by Crippen LogP contribution is -2.60. The van der Waals surface area contributed by atoms with E-state index < -0.39 is 0 Å². The van der Waals surface area contributed by atoms with Crippen molar-refractivity contribution in [3.63, 3.8) is 0 Å². The van der Waals surface area contributed by atoms with Crippen molar-refractivity contribution < 1.29 is 4.74 Å². The zero-order valence-electron chi connectivity index (χ0n) is 11.4. The van der Waals surface area contributed by atoms with E-state index in [4.69, 9.17) is 10.5 Å². The second-order valence-corrected chi connectivity index (χ2v) is 6.13. The Labute approximate surface area is 105 Å². The number of rotatable bonds is 3. The molecule has 1 aliphatic carbocycles. The molecule has 0 aromatic rings. The van der Waals surface area contributed by atoms with E-state index in [0.717, 1.165) is 19.4 Å². The molecule has 17 heavy (non-hydrogen) atoms. The molecule has 2 rings (SSSR count). The van der Waals surface area contributed by atoms with Crippen LogP contribution in [0, 0.1) is 0 Å². The molecule has 1 saturated heterocycles. The molecule has 0 bridgehead atoms. The van der Waals surface area contributed by atoms with Gasteiger partial charge in [0.25, 0.3) is 0 Å². The molecule has 2 aliphatic rings. The van der Waals surface area contributed by atoms with Gasteiger partial charge in [-0.2, -0.15) is 0 Å². The zero-order chi connectivity index (χ0) is 12.3. The maximum Gasteiger partial charge on any atom is 0.0568 e. The van der Waals surface area contributed by atoms with Gasteiger partial charge in [-0.15, -0.1) is 0 Å². The molecule has 0 amide bonds. The Hall–Kier alpha value is -0.120. The molecule has 3 N–H and O–H groups in total. The van der Waals surface area contributed by atoms with E-state index in [1.165, 1.54) is 32.1 Å². The topological polar surface area (TPSA) is 47.3 Å². The van der Waals surface area contributed by atoms with Crippen LogP contribution in [0.2, 0.25) is 0 Å². The van der Waals surface area contributed by atoms with Crippen molar-refractivity contribution in [2.45, 2.75) is 82.6 Å². The summed E-state index contributed by atoms with van der Waals surface area (Å²) in [5, 5.41) is 3.88. The fraction of sp³-hybridized carbons (Fsp3) is 1.00. The van der Waals surface area contributed by atoms with E-state index >= 15 is 0 Å². The monoisotopic (exact) mass is 240 g/mol. The van der Waals surface area contributed by atoms with Gasteiger partial charge in [0.1, 0.15) is 0 Å². The van der Waals surface area contributed by atoms with Gasteiger partial charge in [-0.05, 0) is 39.5 Å². The number of ether oxygens (including phenoxy) is 1. The predicted octanol–water partition coefficient (Wildman–Crippen LogP) is 2.19. The quantitative estimate of drug-likeness (QED) is 0.795. The Bertz CT molecular complexity index is 228. The lowest BCUT2D eigenvalue weighted by Gasteiger charge is -2.45. The number of nitrogens with two attached hydrogens (primary N) is 1. The van der Waals surface area contributed by atoms with Gasteiger partial charge < -0.3 is 15.8 Å². The summed E-state index contributed by atoms with van der Waals surface area (Å²) in [6.07, 6.45) is 9.59. The molecule has 1 heterocycles. The van der Waals surface area contributed by atoms with E-state index in [9.17, 15) is 0 Å². The van der Waals surface area contributed by atoms with Crippen molar-refractivity contribution in [2.75, 3.05) is 6.54 Å². The SMILES string of the molecule is CC1CC(CN)(NC2CCCCC2)CC(C)O1. The molecular weight excluding hydrogens is 212 g/mol. The Kier molecular flexibility index (Phi) is 4.45. The van der Waals surface area contributed by atoms with E-state index in [-0.39, 0.29) is 5.54 Å². The first-order valence-electron chi connectivity index (χ1n) is 7.27. The van der Waals surface area contributed by atoms with Crippen LogP contribution in [-0.4, -0.2) is 30.3 Å². The van der Waals surface area contributed by atoms with E-state index in [1.807, 2.05) is 0 Å². The van der Waals surface area contributed by atoms with Gasteiger partial charge in [-0.25, -0.2) is 0 Å². The van der Waals surface area contributed by atoms with Crippen LogP contribution in [0.3, 0.4) is 0 Å².